The van der Waals surface area contributed by atoms with Crippen molar-refractivity contribution in [3.05, 3.63) is 39.4 Å². The number of rotatable bonds is 5. The molecule has 1 saturated carbocycles. The van der Waals surface area contributed by atoms with Gasteiger partial charge >= 0.3 is 5.97 Å². The van der Waals surface area contributed by atoms with Gasteiger partial charge in [0.15, 0.2) is 0 Å². The molecule has 1 aromatic carbocycles. The van der Waals surface area contributed by atoms with Crippen LogP contribution in [0.2, 0.25) is 0 Å². The second-order valence-corrected chi connectivity index (χ2v) is 7.91. The molecule has 0 bridgehead atoms. The maximum Gasteiger partial charge on any atom is 0.328 e. The fourth-order valence-electron chi connectivity index (χ4n) is 4.00. The highest BCUT2D eigenvalue weighted by molar-refractivity contribution is 5.86. The largest absolute Gasteiger partial charge is 0.478 e. The normalized spacial score (nSPS) is 22.7. The number of carboxylic acids is 1. The third-order valence-electron chi connectivity index (χ3n) is 4.73. The number of aryl methyl sites for hydroxylation is 1. The second kappa shape index (κ2) is 7.25. The minimum Gasteiger partial charge on any atom is -0.478 e. The van der Waals surface area contributed by atoms with E-state index in [1.165, 1.54) is 12.1 Å². The molecule has 1 aromatic rings. The van der Waals surface area contributed by atoms with Gasteiger partial charge in [-0.3, -0.25) is 10.1 Å². The predicted octanol–water partition coefficient (Wildman–Crippen LogP) is 4.63. The molecular formula is C19H26N2O4. The van der Waals surface area contributed by atoms with Gasteiger partial charge in [0.2, 0.25) is 0 Å². The Morgan fingerprint density at radius 1 is 1.40 bits per heavy atom. The number of hydrogen-bond acceptors (Lipinski definition) is 4. The summed E-state index contributed by atoms with van der Waals surface area (Å²) in [6.45, 7) is 8.51. The molecule has 0 radical (unpaired) electrons. The second-order valence-electron chi connectivity index (χ2n) is 7.91. The molecule has 0 spiro atoms. The van der Waals surface area contributed by atoms with Gasteiger partial charge in [-0.15, -0.1) is 0 Å². The fourth-order valence-corrected chi connectivity index (χ4v) is 4.00. The van der Waals surface area contributed by atoms with Crippen LogP contribution in [0.15, 0.2) is 18.2 Å². The maximum absolute atomic E-state index is 11.5. The van der Waals surface area contributed by atoms with Crippen molar-refractivity contribution in [2.45, 2.75) is 53.0 Å². The highest BCUT2D eigenvalue weighted by atomic mass is 16.6. The number of nitro benzene ring substituents is 1. The van der Waals surface area contributed by atoms with Gasteiger partial charge in [0.25, 0.3) is 5.69 Å². The first-order chi connectivity index (χ1) is 11.6. The molecule has 2 rings (SSSR count). The molecule has 0 heterocycles. The molecule has 136 valence electrons. The van der Waals surface area contributed by atoms with Crippen molar-refractivity contribution in [2.24, 2.45) is 11.3 Å². The van der Waals surface area contributed by atoms with E-state index >= 15 is 0 Å². The number of aliphatic carboxylic acids is 1. The minimum absolute atomic E-state index is 0.0216. The van der Waals surface area contributed by atoms with Crippen LogP contribution in [-0.4, -0.2) is 22.0 Å². The summed E-state index contributed by atoms with van der Waals surface area (Å²) in [6.07, 6.45) is 5.49. The van der Waals surface area contributed by atoms with Crippen LogP contribution in [0.1, 0.15) is 51.2 Å². The number of hydrogen-bond donors (Lipinski definition) is 2. The van der Waals surface area contributed by atoms with Gasteiger partial charge in [-0.05, 0) is 60.8 Å². The lowest BCUT2D eigenvalue weighted by Gasteiger charge is -2.39. The Hall–Kier alpha value is -2.37. The third-order valence-corrected chi connectivity index (χ3v) is 4.73. The quantitative estimate of drug-likeness (QED) is 0.461. The Balaban J connectivity index is 2.32. The molecule has 2 atom stereocenters. The van der Waals surface area contributed by atoms with E-state index in [-0.39, 0.29) is 17.1 Å². The topological polar surface area (TPSA) is 92.5 Å². The Morgan fingerprint density at radius 3 is 2.64 bits per heavy atom. The summed E-state index contributed by atoms with van der Waals surface area (Å²) < 4.78 is 0. The van der Waals surface area contributed by atoms with Crippen LogP contribution >= 0.6 is 0 Å². The standard InChI is InChI=1S/C19H26N2O4/c1-12-7-15(11-19(3,4)10-12)20-16-8-13(2)14(5-6-18(22)23)9-17(16)21(24)25/h5-6,8-9,12,15,20H,7,10-11H2,1-4H3,(H,22,23)/t12-,15+/m1/s1. The van der Waals surface area contributed by atoms with E-state index in [4.69, 9.17) is 5.11 Å². The summed E-state index contributed by atoms with van der Waals surface area (Å²) in [7, 11) is 0. The van der Waals surface area contributed by atoms with E-state index < -0.39 is 10.9 Å². The van der Waals surface area contributed by atoms with Crippen molar-refractivity contribution in [3.8, 4) is 0 Å². The number of nitrogens with zero attached hydrogens (tertiary/aromatic N) is 1. The van der Waals surface area contributed by atoms with Gasteiger partial charge in [-0.1, -0.05) is 20.8 Å². The molecule has 1 aliphatic rings. The number of carboxylic acid groups (broad SMARTS) is 1. The molecule has 2 N–H and O–H groups in total. The van der Waals surface area contributed by atoms with Gasteiger partial charge in [0.05, 0.1) is 4.92 Å². The zero-order valence-corrected chi connectivity index (χ0v) is 15.2. The third kappa shape index (κ3) is 5.05. The monoisotopic (exact) mass is 346 g/mol. The zero-order chi connectivity index (χ0) is 18.8. The Kier molecular flexibility index (Phi) is 5.50. The van der Waals surface area contributed by atoms with Crippen LogP contribution in [0.5, 0.6) is 0 Å². The van der Waals surface area contributed by atoms with Gasteiger partial charge in [0.1, 0.15) is 5.69 Å². The SMILES string of the molecule is Cc1cc(N[C@H]2C[C@@H](C)CC(C)(C)C2)c([N+](=O)[O-])cc1C=CC(=O)O. The fraction of sp³-hybridized carbons (Fsp3) is 0.526. The van der Waals surface area contributed by atoms with Crippen LogP contribution < -0.4 is 5.32 Å². The molecule has 0 aromatic heterocycles. The highest BCUT2D eigenvalue weighted by Crippen LogP contribution is 2.40. The minimum atomic E-state index is -1.08. The lowest BCUT2D eigenvalue weighted by molar-refractivity contribution is -0.384. The molecule has 0 amide bonds. The van der Waals surface area contributed by atoms with Crippen LogP contribution in [0.25, 0.3) is 6.08 Å². The van der Waals surface area contributed by atoms with Crippen molar-refractivity contribution in [3.63, 3.8) is 0 Å². The number of nitrogens with one attached hydrogen (secondary N) is 1. The van der Waals surface area contributed by atoms with E-state index in [2.05, 4.69) is 26.1 Å². The van der Waals surface area contributed by atoms with Gasteiger partial charge < -0.3 is 10.4 Å². The number of nitro groups is 1. The molecule has 6 nitrogen and oxygen atoms in total. The molecule has 1 fully saturated rings. The van der Waals surface area contributed by atoms with Crippen molar-refractivity contribution in [2.75, 3.05) is 5.32 Å². The van der Waals surface area contributed by atoms with Crippen molar-refractivity contribution < 1.29 is 14.8 Å². The molecule has 6 heteroatoms. The number of benzene rings is 1. The maximum atomic E-state index is 11.5. The van der Waals surface area contributed by atoms with Crippen LogP contribution in [0.4, 0.5) is 11.4 Å². The van der Waals surface area contributed by atoms with Crippen LogP contribution in [0.3, 0.4) is 0 Å². The van der Waals surface area contributed by atoms with Crippen molar-refractivity contribution in [1.29, 1.82) is 0 Å². The average Bonchev–Trinajstić information content (AvgIpc) is 2.43. The molecule has 0 aliphatic heterocycles. The summed E-state index contributed by atoms with van der Waals surface area (Å²) in [4.78, 5) is 21.8. The average molecular weight is 346 g/mol. The van der Waals surface area contributed by atoms with Crippen LogP contribution in [-0.2, 0) is 4.79 Å². The molecular weight excluding hydrogens is 320 g/mol. The number of anilines is 1. The first-order valence-electron chi connectivity index (χ1n) is 8.54. The van der Waals surface area contributed by atoms with Gasteiger partial charge in [0, 0.05) is 18.2 Å². The van der Waals surface area contributed by atoms with E-state index in [1.54, 1.807) is 6.07 Å². The first kappa shape index (κ1) is 19.0. The lowest BCUT2D eigenvalue weighted by atomic mass is 9.70. The smallest absolute Gasteiger partial charge is 0.328 e. The summed E-state index contributed by atoms with van der Waals surface area (Å²) in [5.74, 6) is -0.512. The molecule has 0 saturated heterocycles. The molecule has 0 unspecified atom stereocenters. The summed E-state index contributed by atoms with van der Waals surface area (Å²) in [6, 6.07) is 3.37. The zero-order valence-electron chi connectivity index (χ0n) is 15.2. The predicted molar refractivity (Wildman–Crippen MR) is 98.7 cm³/mol. The van der Waals surface area contributed by atoms with E-state index in [1.807, 2.05) is 6.92 Å². The Morgan fingerprint density at radius 2 is 2.08 bits per heavy atom. The molecule has 1 aliphatic carbocycles. The highest BCUT2D eigenvalue weighted by Gasteiger charge is 2.33. The van der Waals surface area contributed by atoms with Crippen molar-refractivity contribution in [1.82, 2.24) is 0 Å². The Labute approximate surface area is 148 Å². The Bertz CT molecular complexity index is 710. The number of carbonyl (C=O) groups is 1. The summed E-state index contributed by atoms with van der Waals surface area (Å²) >= 11 is 0. The molecule has 25 heavy (non-hydrogen) atoms. The van der Waals surface area contributed by atoms with E-state index in [0.29, 0.717) is 17.2 Å². The summed E-state index contributed by atoms with van der Waals surface area (Å²) in [5, 5.41) is 23.6. The van der Waals surface area contributed by atoms with E-state index in [9.17, 15) is 14.9 Å². The lowest BCUT2D eigenvalue weighted by Crippen LogP contribution is -2.35. The first-order valence-corrected chi connectivity index (χ1v) is 8.54. The van der Waals surface area contributed by atoms with Gasteiger partial charge in [-0.2, -0.15) is 0 Å². The summed E-state index contributed by atoms with van der Waals surface area (Å²) in [5.41, 5.74) is 2.03. The van der Waals surface area contributed by atoms with E-state index in [0.717, 1.165) is 30.9 Å². The van der Waals surface area contributed by atoms with Gasteiger partial charge in [-0.25, -0.2) is 4.79 Å². The van der Waals surface area contributed by atoms with Crippen molar-refractivity contribution >= 4 is 23.4 Å². The van der Waals surface area contributed by atoms with Crippen LogP contribution in [0, 0.1) is 28.4 Å².